The molecule has 0 spiro atoms. The standard InChI is InChI=1S/C16H25NO3S/c1-13(2)15-4-6-16(7-5-15)21(18,19)17(3)12-14-8-10-20-11-9-14/h4-7,13-14H,8-12H2,1-3H3. The Morgan fingerprint density at radius 1 is 1.19 bits per heavy atom. The SMILES string of the molecule is CC(C)c1ccc(S(=O)(=O)N(C)CC2CCOCC2)cc1. The van der Waals surface area contributed by atoms with Crippen molar-refractivity contribution >= 4 is 10.0 Å². The zero-order valence-electron chi connectivity index (χ0n) is 13.1. The fourth-order valence-corrected chi connectivity index (χ4v) is 3.84. The lowest BCUT2D eigenvalue weighted by Gasteiger charge is -2.26. The molecule has 1 aliphatic rings. The summed E-state index contributed by atoms with van der Waals surface area (Å²) in [7, 11) is -1.72. The van der Waals surface area contributed by atoms with Crippen molar-refractivity contribution in [3.8, 4) is 0 Å². The molecule has 0 amide bonds. The third-order valence-corrected chi connectivity index (χ3v) is 5.95. The molecular weight excluding hydrogens is 286 g/mol. The van der Waals surface area contributed by atoms with Crippen molar-refractivity contribution in [3.05, 3.63) is 29.8 Å². The quantitative estimate of drug-likeness (QED) is 0.840. The Hall–Kier alpha value is -0.910. The van der Waals surface area contributed by atoms with Gasteiger partial charge in [-0.1, -0.05) is 26.0 Å². The summed E-state index contributed by atoms with van der Waals surface area (Å²) in [6, 6.07) is 7.23. The minimum Gasteiger partial charge on any atom is -0.381 e. The first-order chi connectivity index (χ1) is 9.91. The van der Waals surface area contributed by atoms with Crippen LogP contribution in [0.2, 0.25) is 0 Å². The van der Waals surface area contributed by atoms with Gasteiger partial charge in [0.05, 0.1) is 4.90 Å². The second kappa shape index (κ2) is 6.90. The number of benzene rings is 1. The maximum atomic E-state index is 12.6. The number of nitrogens with zero attached hydrogens (tertiary/aromatic N) is 1. The fourth-order valence-electron chi connectivity index (χ4n) is 2.60. The molecule has 1 aromatic rings. The van der Waals surface area contributed by atoms with E-state index in [0.29, 0.717) is 23.3 Å². The van der Waals surface area contributed by atoms with Crippen LogP contribution in [0.4, 0.5) is 0 Å². The minimum absolute atomic E-state index is 0.376. The highest BCUT2D eigenvalue weighted by molar-refractivity contribution is 7.89. The average molecular weight is 311 g/mol. The Balaban J connectivity index is 2.08. The summed E-state index contributed by atoms with van der Waals surface area (Å²) in [6.45, 7) is 6.24. The van der Waals surface area contributed by atoms with Crippen LogP contribution in [0.5, 0.6) is 0 Å². The van der Waals surface area contributed by atoms with E-state index in [4.69, 9.17) is 4.74 Å². The minimum atomic E-state index is -3.39. The fraction of sp³-hybridized carbons (Fsp3) is 0.625. The predicted molar refractivity (Wildman–Crippen MR) is 83.9 cm³/mol. The maximum Gasteiger partial charge on any atom is 0.242 e. The summed E-state index contributed by atoms with van der Waals surface area (Å²) < 4.78 is 32.0. The van der Waals surface area contributed by atoms with E-state index in [1.807, 2.05) is 12.1 Å². The van der Waals surface area contributed by atoms with Crippen LogP contribution in [0.15, 0.2) is 29.2 Å². The highest BCUT2D eigenvalue weighted by atomic mass is 32.2. The van der Waals surface area contributed by atoms with Crippen LogP contribution in [-0.4, -0.2) is 39.5 Å². The molecule has 4 nitrogen and oxygen atoms in total. The normalized spacial score (nSPS) is 17.6. The lowest BCUT2D eigenvalue weighted by atomic mass is 10.0. The molecule has 0 atom stereocenters. The number of hydrogen-bond acceptors (Lipinski definition) is 3. The summed E-state index contributed by atoms with van der Waals surface area (Å²) in [5, 5.41) is 0. The number of rotatable bonds is 5. The lowest BCUT2D eigenvalue weighted by molar-refractivity contribution is 0.0620. The van der Waals surface area contributed by atoms with Gasteiger partial charge >= 0.3 is 0 Å². The van der Waals surface area contributed by atoms with E-state index in [9.17, 15) is 8.42 Å². The number of ether oxygens (including phenoxy) is 1. The van der Waals surface area contributed by atoms with Gasteiger partial charge in [0, 0.05) is 26.8 Å². The van der Waals surface area contributed by atoms with Crippen LogP contribution in [0.1, 0.15) is 38.2 Å². The molecule has 0 aliphatic carbocycles. The van der Waals surface area contributed by atoms with Gasteiger partial charge in [-0.25, -0.2) is 12.7 Å². The third-order valence-electron chi connectivity index (χ3n) is 4.11. The largest absolute Gasteiger partial charge is 0.381 e. The van der Waals surface area contributed by atoms with Gasteiger partial charge in [0.1, 0.15) is 0 Å². The highest BCUT2D eigenvalue weighted by Crippen LogP contribution is 2.22. The molecule has 1 saturated heterocycles. The van der Waals surface area contributed by atoms with Crippen LogP contribution < -0.4 is 0 Å². The smallest absolute Gasteiger partial charge is 0.242 e. The topological polar surface area (TPSA) is 46.6 Å². The monoisotopic (exact) mass is 311 g/mol. The van der Waals surface area contributed by atoms with Crippen molar-refractivity contribution in [1.82, 2.24) is 4.31 Å². The summed E-state index contributed by atoms with van der Waals surface area (Å²) >= 11 is 0. The first-order valence-corrected chi connectivity index (χ1v) is 8.99. The Bertz CT molecular complexity index is 545. The first-order valence-electron chi connectivity index (χ1n) is 7.55. The molecule has 0 bridgehead atoms. The molecule has 1 heterocycles. The highest BCUT2D eigenvalue weighted by Gasteiger charge is 2.25. The summed E-state index contributed by atoms with van der Waals surface area (Å²) in [5.41, 5.74) is 1.15. The summed E-state index contributed by atoms with van der Waals surface area (Å²) in [4.78, 5) is 0.376. The molecule has 0 radical (unpaired) electrons. The van der Waals surface area contributed by atoms with Gasteiger partial charge in [0.25, 0.3) is 0 Å². The van der Waals surface area contributed by atoms with Gasteiger partial charge in [0.2, 0.25) is 10.0 Å². The van der Waals surface area contributed by atoms with E-state index in [0.717, 1.165) is 31.6 Å². The Labute approximate surface area is 128 Å². The lowest BCUT2D eigenvalue weighted by Crippen LogP contribution is -2.34. The van der Waals surface area contributed by atoms with E-state index in [-0.39, 0.29) is 0 Å². The van der Waals surface area contributed by atoms with Gasteiger partial charge in [0.15, 0.2) is 0 Å². The molecule has 21 heavy (non-hydrogen) atoms. The van der Waals surface area contributed by atoms with Gasteiger partial charge in [-0.15, -0.1) is 0 Å². The Morgan fingerprint density at radius 3 is 2.29 bits per heavy atom. The molecule has 0 unspecified atom stereocenters. The predicted octanol–water partition coefficient (Wildman–Crippen LogP) is 2.86. The summed E-state index contributed by atoms with van der Waals surface area (Å²) in [5.74, 6) is 0.801. The Morgan fingerprint density at radius 2 is 1.76 bits per heavy atom. The molecule has 1 aromatic carbocycles. The molecule has 5 heteroatoms. The van der Waals surface area contributed by atoms with Crippen molar-refractivity contribution in [1.29, 1.82) is 0 Å². The van der Waals surface area contributed by atoms with E-state index in [2.05, 4.69) is 13.8 Å². The molecule has 118 valence electrons. The second-order valence-electron chi connectivity index (χ2n) is 6.07. The van der Waals surface area contributed by atoms with Crippen molar-refractivity contribution < 1.29 is 13.2 Å². The molecule has 1 fully saturated rings. The zero-order valence-corrected chi connectivity index (χ0v) is 13.9. The molecule has 1 aliphatic heterocycles. The van der Waals surface area contributed by atoms with Gasteiger partial charge in [-0.05, 0) is 42.4 Å². The first kappa shape index (κ1) is 16.5. The number of hydrogen-bond donors (Lipinski definition) is 0. The Kier molecular flexibility index (Phi) is 5.41. The van der Waals surface area contributed by atoms with Crippen LogP contribution in [0, 0.1) is 5.92 Å². The zero-order chi connectivity index (χ0) is 15.5. The van der Waals surface area contributed by atoms with Crippen LogP contribution in [0.3, 0.4) is 0 Å². The van der Waals surface area contributed by atoms with Gasteiger partial charge in [-0.2, -0.15) is 0 Å². The summed E-state index contributed by atoms with van der Waals surface area (Å²) in [6.07, 6.45) is 1.87. The van der Waals surface area contributed by atoms with Gasteiger partial charge < -0.3 is 4.74 Å². The van der Waals surface area contributed by atoms with Crippen molar-refractivity contribution in [2.75, 3.05) is 26.8 Å². The van der Waals surface area contributed by atoms with E-state index in [1.54, 1.807) is 19.2 Å². The van der Waals surface area contributed by atoms with Crippen LogP contribution >= 0.6 is 0 Å². The molecular formula is C16H25NO3S. The van der Waals surface area contributed by atoms with Crippen LogP contribution in [0.25, 0.3) is 0 Å². The van der Waals surface area contributed by atoms with Crippen LogP contribution in [-0.2, 0) is 14.8 Å². The van der Waals surface area contributed by atoms with E-state index >= 15 is 0 Å². The molecule has 0 saturated carbocycles. The van der Waals surface area contributed by atoms with Crippen molar-refractivity contribution in [2.45, 2.75) is 37.5 Å². The molecule has 2 rings (SSSR count). The van der Waals surface area contributed by atoms with Crippen molar-refractivity contribution in [3.63, 3.8) is 0 Å². The second-order valence-corrected chi connectivity index (χ2v) is 8.11. The molecule has 0 N–H and O–H groups in total. The van der Waals surface area contributed by atoms with E-state index in [1.165, 1.54) is 4.31 Å². The number of sulfonamides is 1. The third kappa shape index (κ3) is 4.05. The maximum absolute atomic E-state index is 12.6. The van der Waals surface area contributed by atoms with Crippen molar-refractivity contribution in [2.24, 2.45) is 5.92 Å². The van der Waals surface area contributed by atoms with Gasteiger partial charge in [-0.3, -0.25) is 0 Å². The molecule has 0 aromatic heterocycles. The van der Waals surface area contributed by atoms with E-state index < -0.39 is 10.0 Å². The average Bonchev–Trinajstić information content (AvgIpc) is 2.48.